The third-order valence-corrected chi connectivity index (χ3v) is 8.62. The molecular weight excluding hydrogens is 328 g/mol. The van der Waals surface area contributed by atoms with Gasteiger partial charge in [-0.05, 0) is 36.9 Å². The van der Waals surface area contributed by atoms with Gasteiger partial charge in [-0.3, -0.25) is 14.9 Å². The maximum Gasteiger partial charge on any atom is 0.311 e. The molecule has 1 aromatic rings. The molecule has 26 heavy (non-hydrogen) atoms. The average Bonchev–Trinajstić information content (AvgIpc) is 3.31. The lowest BCUT2D eigenvalue weighted by Gasteiger charge is -2.51. The highest BCUT2D eigenvalue weighted by molar-refractivity contribution is 5.82. The van der Waals surface area contributed by atoms with E-state index in [-0.39, 0.29) is 28.6 Å². The Morgan fingerprint density at radius 3 is 2.96 bits per heavy atom. The van der Waals surface area contributed by atoms with E-state index in [1.807, 2.05) is 12.1 Å². The summed E-state index contributed by atoms with van der Waals surface area (Å²) in [6.45, 7) is 4.22. The van der Waals surface area contributed by atoms with Crippen molar-refractivity contribution >= 4 is 11.7 Å². The molecule has 0 radical (unpaired) electrons. The minimum atomic E-state index is -0.627. The number of hydrogen-bond acceptors (Lipinski definition) is 5. The highest BCUT2D eigenvalue weighted by Crippen LogP contribution is 2.80. The van der Waals surface area contributed by atoms with Gasteiger partial charge in [0.05, 0.1) is 24.3 Å². The topological polar surface area (TPSA) is 53.0 Å². The quantitative estimate of drug-likeness (QED) is 0.621. The van der Waals surface area contributed by atoms with E-state index in [4.69, 9.17) is 4.74 Å². The molecule has 1 saturated heterocycles. The van der Waals surface area contributed by atoms with Gasteiger partial charge in [0.25, 0.3) is 0 Å². The van der Waals surface area contributed by atoms with Crippen LogP contribution in [0.3, 0.4) is 0 Å². The zero-order valence-corrected chi connectivity index (χ0v) is 15.2. The first-order valence-corrected chi connectivity index (χ1v) is 9.64. The molecule has 2 saturated carbocycles. The summed E-state index contributed by atoms with van der Waals surface area (Å²) in [5, 5.41) is 13.0. The molecule has 6 atom stereocenters. The van der Waals surface area contributed by atoms with Gasteiger partial charge in [-0.15, -0.1) is 0 Å². The van der Waals surface area contributed by atoms with E-state index in [1.54, 1.807) is 0 Å². The van der Waals surface area contributed by atoms with E-state index in [0.29, 0.717) is 6.04 Å². The van der Waals surface area contributed by atoms with Gasteiger partial charge in [0.15, 0.2) is 0 Å². The number of ether oxygens (including phenoxy) is 1. The number of para-hydroxylation sites is 1. The van der Waals surface area contributed by atoms with Crippen LogP contribution in [-0.4, -0.2) is 47.9 Å². The van der Waals surface area contributed by atoms with Gasteiger partial charge in [-0.1, -0.05) is 37.3 Å². The molecule has 136 valence electrons. The number of carbonyl (C=O) groups is 1. The minimum absolute atomic E-state index is 0.0812. The predicted octanol–water partition coefficient (Wildman–Crippen LogP) is 2.35. The third-order valence-electron chi connectivity index (χ3n) is 8.62. The Morgan fingerprint density at radius 1 is 1.35 bits per heavy atom. The van der Waals surface area contributed by atoms with Crippen molar-refractivity contribution < 1.29 is 14.7 Å². The van der Waals surface area contributed by atoms with E-state index >= 15 is 0 Å². The number of methoxy groups -OCH3 is 1. The standard InChI is InChI=1S/C21H24N2O3/c1-13-19-8-5-10-22-11-9-20(18(19)22)14-6-3-4-7-16(14)23(25)21(13,20)15(12-19)17(24)26-2/h3-8,13,15,18,25H,9-12H2,1-2H3. The third kappa shape index (κ3) is 1.17. The summed E-state index contributed by atoms with van der Waals surface area (Å²) in [5.74, 6) is -0.337. The molecule has 3 spiro atoms. The smallest absolute Gasteiger partial charge is 0.311 e. The maximum atomic E-state index is 12.9. The van der Waals surface area contributed by atoms with E-state index < -0.39 is 5.54 Å². The molecule has 3 aliphatic heterocycles. The first-order valence-electron chi connectivity index (χ1n) is 9.64. The Bertz CT molecular complexity index is 869. The van der Waals surface area contributed by atoms with Crippen LogP contribution in [0.25, 0.3) is 0 Å². The summed E-state index contributed by atoms with van der Waals surface area (Å²) < 4.78 is 5.25. The lowest BCUT2D eigenvalue weighted by Crippen LogP contribution is -2.65. The van der Waals surface area contributed by atoms with Gasteiger partial charge < -0.3 is 4.74 Å². The second-order valence-corrected chi connectivity index (χ2v) is 8.79. The number of hydroxylamine groups is 1. The number of nitrogens with zero attached hydrogens (tertiary/aromatic N) is 2. The average molecular weight is 352 g/mol. The molecule has 5 nitrogen and oxygen atoms in total. The molecule has 1 N–H and O–H groups in total. The van der Waals surface area contributed by atoms with Crippen molar-refractivity contribution in [3.05, 3.63) is 42.0 Å². The van der Waals surface area contributed by atoms with Crippen molar-refractivity contribution in [2.45, 2.75) is 36.8 Å². The largest absolute Gasteiger partial charge is 0.469 e. The fraction of sp³-hybridized carbons (Fsp3) is 0.571. The van der Waals surface area contributed by atoms with Crippen molar-refractivity contribution in [1.82, 2.24) is 4.90 Å². The van der Waals surface area contributed by atoms with Gasteiger partial charge in [0.2, 0.25) is 0 Å². The van der Waals surface area contributed by atoms with E-state index in [9.17, 15) is 10.0 Å². The lowest BCUT2D eigenvalue weighted by atomic mass is 9.57. The van der Waals surface area contributed by atoms with Gasteiger partial charge >= 0.3 is 5.97 Å². The zero-order valence-electron chi connectivity index (χ0n) is 15.2. The summed E-state index contributed by atoms with van der Waals surface area (Å²) in [6, 6.07) is 8.56. The normalized spacial score (nSPS) is 47.0. The predicted molar refractivity (Wildman–Crippen MR) is 96.0 cm³/mol. The van der Waals surface area contributed by atoms with Crippen molar-refractivity contribution in [1.29, 1.82) is 0 Å². The van der Waals surface area contributed by atoms with Crippen LogP contribution in [0.2, 0.25) is 0 Å². The molecule has 3 fully saturated rings. The number of esters is 1. The van der Waals surface area contributed by atoms with Crippen LogP contribution in [0.1, 0.15) is 25.3 Å². The van der Waals surface area contributed by atoms with Gasteiger partial charge in [-0.25, -0.2) is 5.06 Å². The van der Waals surface area contributed by atoms with Crippen LogP contribution in [0, 0.1) is 17.3 Å². The van der Waals surface area contributed by atoms with Crippen LogP contribution in [0.5, 0.6) is 0 Å². The summed E-state index contributed by atoms with van der Waals surface area (Å²) >= 11 is 0. The summed E-state index contributed by atoms with van der Waals surface area (Å²) in [5.41, 5.74) is 1.16. The van der Waals surface area contributed by atoms with Crippen LogP contribution in [-0.2, 0) is 14.9 Å². The molecule has 3 heterocycles. The molecule has 6 rings (SSSR count). The minimum Gasteiger partial charge on any atom is -0.469 e. The summed E-state index contributed by atoms with van der Waals surface area (Å²) in [6.07, 6.45) is 6.37. The van der Waals surface area contributed by atoms with Crippen molar-refractivity contribution in [2.75, 3.05) is 25.3 Å². The first-order chi connectivity index (χ1) is 12.6. The molecule has 1 aromatic carbocycles. The molecule has 0 aromatic heterocycles. The van der Waals surface area contributed by atoms with Crippen molar-refractivity contribution in [3.8, 4) is 0 Å². The van der Waals surface area contributed by atoms with Crippen molar-refractivity contribution in [3.63, 3.8) is 0 Å². The highest BCUT2D eigenvalue weighted by atomic mass is 16.5. The second-order valence-electron chi connectivity index (χ2n) is 8.79. The van der Waals surface area contributed by atoms with Crippen LogP contribution >= 0.6 is 0 Å². The first kappa shape index (κ1) is 15.2. The number of hydrogen-bond donors (Lipinski definition) is 1. The molecule has 0 amide bonds. The lowest BCUT2D eigenvalue weighted by molar-refractivity contribution is -0.151. The Balaban J connectivity index is 1.73. The monoisotopic (exact) mass is 352 g/mol. The van der Waals surface area contributed by atoms with Gasteiger partial charge in [-0.2, -0.15) is 0 Å². The number of anilines is 1. The number of carbonyl (C=O) groups excluding carboxylic acids is 1. The van der Waals surface area contributed by atoms with Gasteiger partial charge in [0.1, 0.15) is 0 Å². The van der Waals surface area contributed by atoms with Crippen LogP contribution in [0.4, 0.5) is 5.69 Å². The molecular formula is C21H24N2O3. The van der Waals surface area contributed by atoms with Crippen LogP contribution < -0.4 is 5.06 Å². The van der Waals surface area contributed by atoms with E-state index in [0.717, 1.165) is 31.6 Å². The van der Waals surface area contributed by atoms with Gasteiger partial charge in [0, 0.05) is 23.4 Å². The van der Waals surface area contributed by atoms with Crippen molar-refractivity contribution in [2.24, 2.45) is 17.3 Å². The zero-order chi connectivity index (χ0) is 17.9. The fourth-order valence-electron chi connectivity index (χ4n) is 8.12. The molecule has 5 aliphatic rings. The second kappa shape index (κ2) is 4.34. The summed E-state index contributed by atoms with van der Waals surface area (Å²) in [7, 11) is 1.47. The Kier molecular flexibility index (Phi) is 2.54. The summed E-state index contributed by atoms with van der Waals surface area (Å²) in [4.78, 5) is 15.5. The Morgan fingerprint density at radius 2 is 2.15 bits per heavy atom. The Labute approximate surface area is 153 Å². The Hall–Kier alpha value is -1.85. The number of benzene rings is 1. The molecule has 6 unspecified atom stereocenters. The number of rotatable bonds is 1. The molecule has 5 heteroatoms. The highest BCUT2D eigenvalue weighted by Gasteiger charge is 2.88. The van der Waals surface area contributed by atoms with Crippen LogP contribution in [0.15, 0.2) is 36.4 Å². The maximum absolute atomic E-state index is 12.9. The fourth-order valence-corrected chi connectivity index (χ4v) is 8.12. The molecule has 2 bridgehead atoms. The molecule has 2 aliphatic carbocycles. The SMILES string of the molecule is COC(=O)C1CC23C=CCN4CCC5(c6ccccc6N(O)C15C2C)C43. The number of fused-ring (bicyclic) bond motifs is 1. The van der Waals surface area contributed by atoms with E-state index in [2.05, 4.69) is 36.1 Å². The van der Waals surface area contributed by atoms with E-state index in [1.165, 1.54) is 17.7 Å².